The Labute approximate surface area is 174 Å². The maximum absolute atomic E-state index is 10.7. The predicted molar refractivity (Wildman–Crippen MR) is 116 cm³/mol. The number of benzene rings is 1. The predicted octanol–water partition coefficient (Wildman–Crippen LogP) is 1.93. The smallest absolute Gasteiger partial charge is 0.191 e. The van der Waals surface area contributed by atoms with Gasteiger partial charge in [0, 0.05) is 39.1 Å². The summed E-state index contributed by atoms with van der Waals surface area (Å²) in [5, 5.41) is 17.5. The summed E-state index contributed by atoms with van der Waals surface area (Å²) >= 11 is 0. The Morgan fingerprint density at radius 3 is 2.72 bits per heavy atom. The van der Waals surface area contributed by atoms with E-state index in [2.05, 4.69) is 45.6 Å². The van der Waals surface area contributed by atoms with Gasteiger partial charge in [-0.15, -0.1) is 0 Å². The molecule has 0 radical (unpaired) electrons. The summed E-state index contributed by atoms with van der Waals surface area (Å²) in [5.41, 5.74) is 0.486. The van der Waals surface area contributed by atoms with Crippen LogP contribution >= 0.6 is 0 Å². The first-order chi connectivity index (χ1) is 14.1. The second kappa shape index (κ2) is 10.8. The fourth-order valence-electron chi connectivity index (χ4n) is 4.03. The molecule has 0 bridgehead atoms. The van der Waals surface area contributed by atoms with Crippen molar-refractivity contribution >= 4 is 5.96 Å². The third-order valence-corrected chi connectivity index (χ3v) is 5.82. The molecule has 3 rings (SSSR count). The van der Waals surface area contributed by atoms with Crippen LogP contribution in [0.25, 0.3) is 0 Å². The molecule has 1 unspecified atom stereocenters. The third-order valence-electron chi connectivity index (χ3n) is 5.82. The highest BCUT2D eigenvalue weighted by atomic mass is 16.5. The van der Waals surface area contributed by atoms with Gasteiger partial charge in [0.25, 0.3) is 0 Å². The maximum atomic E-state index is 10.7. The van der Waals surface area contributed by atoms with E-state index in [-0.39, 0.29) is 6.04 Å². The minimum absolute atomic E-state index is 0.252. The molecular weight excluding hydrogens is 368 g/mol. The van der Waals surface area contributed by atoms with Crippen molar-refractivity contribution in [3.05, 3.63) is 29.8 Å². The second-order valence-corrected chi connectivity index (χ2v) is 7.95. The number of hydrogen-bond acceptors (Lipinski definition) is 5. The molecule has 0 aliphatic carbocycles. The zero-order valence-corrected chi connectivity index (χ0v) is 17.8. The van der Waals surface area contributed by atoms with E-state index >= 15 is 0 Å². The lowest BCUT2D eigenvalue weighted by Gasteiger charge is -2.31. The number of likely N-dealkylation sites (tertiary alicyclic amines) is 1. The first kappa shape index (κ1) is 21.9. The number of hydrogen-bond donors (Lipinski definition) is 3. The molecule has 2 fully saturated rings. The van der Waals surface area contributed by atoms with Crippen molar-refractivity contribution in [1.82, 2.24) is 15.5 Å². The average Bonchev–Trinajstić information content (AvgIpc) is 3.27. The van der Waals surface area contributed by atoms with Crippen molar-refractivity contribution in [3.8, 4) is 5.75 Å². The molecule has 1 atom stereocenters. The number of nitrogens with zero attached hydrogens (tertiary/aromatic N) is 2. The third kappa shape index (κ3) is 6.32. The van der Waals surface area contributed by atoms with Gasteiger partial charge in [0.15, 0.2) is 5.96 Å². The molecule has 3 N–H and O–H groups in total. The van der Waals surface area contributed by atoms with E-state index < -0.39 is 5.60 Å². The van der Waals surface area contributed by atoms with E-state index in [0.29, 0.717) is 32.6 Å². The van der Waals surface area contributed by atoms with Crippen LogP contribution in [0.2, 0.25) is 0 Å². The zero-order valence-electron chi connectivity index (χ0n) is 17.8. The summed E-state index contributed by atoms with van der Waals surface area (Å²) in [6, 6.07) is 8.58. The van der Waals surface area contributed by atoms with Gasteiger partial charge in [-0.3, -0.25) is 9.89 Å². The number of aliphatic imine (C=N–C) groups is 1. The molecule has 2 aliphatic rings. The minimum atomic E-state index is -0.762. The van der Waals surface area contributed by atoms with Crippen LogP contribution in [0.1, 0.15) is 44.2 Å². The maximum Gasteiger partial charge on any atom is 0.191 e. The highest BCUT2D eigenvalue weighted by molar-refractivity contribution is 5.79. The molecule has 0 spiro atoms. The first-order valence-electron chi connectivity index (χ1n) is 10.8. The number of methoxy groups -OCH3 is 1. The van der Waals surface area contributed by atoms with Crippen LogP contribution in [0.4, 0.5) is 0 Å². The summed E-state index contributed by atoms with van der Waals surface area (Å²) in [5.74, 6) is 1.63. The Bertz CT molecular complexity index is 655. The molecule has 2 saturated heterocycles. The zero-order chi connectivity index (χ0) is 20.5. The summed E-state index contributed by atoms with van der Waals surface area (Å²) < 4.78 is 10.8. The molecular formula is C22H36N4O3. The fraction of sp³-hybridized carbons (Fsp3) is 0.682. The Balaban J connectivity index is 1.68. The van der Waals surface area contributed by atoms with Crippen molar-refractivity contribution in [2.45, 2.75) is 44.2 Å². The number of ether oxygens (including phenoxy) is 2. The van der Waals surface area contributed by atoms with Crippen LogP contribution in [-0.2, 0) is 4.74 Å². The molecule has 2 heterocycles. The van der Waals surface area contributed by atoms with E-state index in [1.807, 2.05) is 6.07 Å². The Kier molecular flexibility index (Phi) is 8.15. The molecule has 162 valence electrons. The topological polar surface area (TPSA) is 78.4 Å². The van der Waals surface area contributed by atoms with E-state index in [1.165, 1.54) is 18.4 Å². The van der Waals surface area contributed by atoms with Gasteiger partial charge in [0.05, 0.1) is 25.3 Å². The second-order valence-electron chi connectivity index (χ2n) is 7.95. The van der Waals surface area contributed by atoms with Crippen LogP contribution < -0.4 is 15.4 Å². The minimum Gasteiger partial charge on any atom is -0.497 e. The molecule has 7 nitrogen and oxygen atoms in total. The number of nitrogens with one attached hydrogen (secondary N) is 2. The van der Waals surface area contributed by atoms with Gasteiger partial charge in [0.2, 0.25) is 0 Å². The van der Waals surface area contributed by atoms with Crippen molar-refractivity contribution in [2.24, 2.45) is 4.99 Å². The van der Waals surface area contributed by atoms with Gasteiger partial charge in [0.1, 0.15) is 5.75 Å². The van der Waals surface area contributed by atoms with E-state index in [1.54, 1.807) is 7.11 Å². The molecule has 0 aromatic heterocycles. The fourth-order valence-corrected chi connectivity index (χ4v) is 4.03. The van der Waals surface area contributed by atoms with E-state index in [0.717, 1.165) is 37.9 Å². The number of rotatable bonds is 8. The Morgan fingerprint density at radius 2 is 2.03 bits per heavy atom. The standard InChI is InChI=1S/C22H36N4O3/c1-3-23-21(25-17-22(27)9-13-29-14-10-22)24-16-20(26-11-4-5-12-26)18-7-6-8-19(15-18)28-2/h6-8,15,20,27H,3-5,9-14,16-17H2,1-2H3,(H2,23,24,25). The monoisotopic (exact) mass is 404 g/mol. The molecule has 1 aromatic rings. The molecule has 1 aromatic carbocycles. The highest BCUT2D eigenvalue weighted by Gasteiger charge is 2.30. The van der Waals surface area contributed by atoms with Gasteiger partial charge in [-0.05, 0) is 50.6 Å². The van der Waals surface area contributed by atoms with Gasteiger partial charge < -0.3 is 25.2 Å². The Hall–Kier alpha value is -1.83. The lowest BCUT2D eigenvalue weighted by molar-refractivity contribution is -0.0566. The van der Waals surface area contributed by atoms with Crippen molar-refractivity contribution in [3.63, 3.8) is 0 Å². The molecule has 0 saturated carbocycles. The van der Waals surface area contributed by atoms with Gasteiger partial charge in [-0.1, -0.05) is 12.1 Å². The summed E-state index contributed by atoms with van der Waals surface area (Å²) in [7, 11) is 1.71. The number of guanidine groups is 1. The molecule has 29 heavy (non-hydrogen) atoms. The van der Waals surface area contributed by atoms with Crippen LogP contribution in [0, 0.1) is 0 Å². The number of aliphatic hydroxyl groups is 1. The molecule has 2 aliphatic heterocycles. The largest absolute Gasteiger partial charge is 0.497 e. The van der Waals surface area contributed by atoms with Crippen molar-refractivity contribution in [1.29, 1.82) is 0 Å². The SMILES string of the molecule is CCNC(=NCC1(O)CCOCC1)NCC(c1cccc(OC)c1)N1CCCC1. The first-order valence-corrected chi connectivity index (χ1v) is 10.8. The van der Waals surface area contributed by atoms with Gasteiger partial charge in [-0.2, -0.15) is 0 Å². The normalized spacial score (nSPS) is 21.0. The summed E-state index contributed by atoms with van der Waals surface area (Å²) in [6.07, 6.45) is 3.75. The molecule has 0 amide bonds. The van der Waals surface area contributed by atoms with Crippen LogP contribution in [-0.4, -0.2) is 74.6 Å². The van der Waals surface area contributed by atoms with Crippen LogP contribution in [0.3, 0.4) is 0 Å². The quantitative estimate of drug-likeness (QED) is 0.454. The summed E-state index contributed by atoms with van der Waals surface area (Å²) in [6.45, 7) is 7.39. The van der Waals surface area contributed by atoms with E-state index in [9.17, 15) is 5.11 Å². The lowest BCUT2D eigenvalue weighted by atomic mass is 9.95. The lowest BCUT2D eigenvalue weighted by Crippen LogP contribution is -2.45. The van der Waals surface area contributed by atoms with E-state index in [4.69, 9.17) is 9.47 Å². The Morgan fingerprint density at radius 1 is 1.28 bits per heavy atom. The summed E-state index contributed by atoms with van der Waals surface area (Å²) in [4.78, 5) is 7.21. The van der Waals surface area contributed by atoms with Crippen LogP contribution in [0.5, 0.6) is 5.75 Å². The van der Waals surface area contributed by atoms with Gasteiger partial charge in [-0.25, -0.2) is 0 Å². The van der Waals surface area contributed by atoms with Crippen molar-refractivity contribution < 1.29 is 14.6 Å². The van der Waals surface area contributed by atoms with Gasteiger partial charge >= 0.3 is 0 Å². The van der Waals surface area contributed by atoms with Crippen LogP contribution in [0.15, 0.2) is 29.3 Å². The average molecular weight is 405 g/mol. The highest BCUT2D eigenvalue weighted by Crippen LogP contribution is 2.27. The van der Waals surface area contributed by atoms with Crippen molar-refractivity contribution in [2.75, 3.05) is 53.0 Å². The molecule has 7 heteroatoms.